The van der Waals surface area contributed by atoms with Gasteiger partial charge in [-0.05, 0) is 18.2 Å². The van der Waals surface area contributed by atoms with Crippen molar-refractivity contribution in [3.05, 3.63) is 34.8 Å². The molecule has 0 aliphatic heterocycles. The van der Waals surface area contributed by atoms with Gasteiger partial charge in [-0.1, -0.05) is 11.8 Å². The number of carboxylic acids is 1. The summed E-state index contributed by atoms with van der Waals surface area (Å²) in [5.74, 6) is 1.38. The third kappa shape index (κ3) is 4.37. The number of carbonyl (C=O) groups is 1. The van der Waals surface area contributed by atoms with E-state index < -0.39 is 5.97 Å². The second-order valence-electron chi connectivity index (χ2n) is 4.14. The van der Waals surface area contributed by atoms with E-state index >= 15 is 0 Å². The molecule has 0 amide bonds. The first kappa shape index (κ1) is 15.7. The summed E-state index contributed by atoms with van der Waals surface area (Å²) in [5.41, 5.74) is 1.60. The quantitative estimate of drug-likeness (QED) is 0.789. The molecule has 0 radical (unpaired) electrons. The van der Waals surface area contributed by atoms with Gasteiger partial charge in [0.2, 0.25) is 0 Å². The summed E-state index contributed by atoms with van der Waals surface area (Å²) >= 11 is 3.00. The van der Waals surface area contributed by atoms with E-state index in [2.05, 4.69) is 4.98 Å². The van der Waals surface area contributed by atoms with E-state index in [1.165, 1.54) is 11.3 Å². The molecule has 0 bridgehead atoms. The summed E-state index contributed by atoms with van der Waals surface area (Å²) in [6, 6.07) is 5.64. The molecule has 0 fully saturated rings. The molecule has 1 heterocycles. The van der Waals surface area contributed by atoms with Crippen LogP contribution in [-0.2, 0) is 17.0 Å². The number of carboxylic acid groups (broad SMARTS) is 1. The Kier molecular flexibility index (Phi) is 5.46. The minimum Gasteiger partial charge on any atom is -0.497 e. The Balaban J connectivity index is 2.05. The maximum Gasteiger partial charge on any atom is 0.309 e. The lowest BCUT2D eigenvalue weighted by molar-refractivity contribution is -0.136. The van der Waals surface area contributed by atoms with E-state index in [-0.39, 0.29) is 6.42 Å². The van der Waals surface area contributed by atoms with Gasteiger partial charge in [-0.15, -0.1) is 11.3 Å². The maximum absolute atomic E-state index is 10.6. The Hall–Kier alpha value is -1.73. The smallest absolute Gasteiger partial charge is 0.309 e. The predicted octanol–water partition coefficient (Wildman–Crippen LogP) is 3.08. The number of ether oxygens (including phenoxy) is 2. The van der Waals surface area contributed by atoms with Crippen molar-refractivity contribution in [3.63, 3.8) is 0 Å². The molecule has 0 atom stereocenters. The topological polar surface area (TPSA) is 68.7 Å². The fourth-order valence-electron chi connectivity index (χ4n) is 1.73. The van der Waals surface area contributed by atoms with Crippen molar-refractivity contribution in [2.75, 3.05) is 14.2 Å². The molecule has 21 heavy (non-hydrogen) atoms. The van der Waals surface area contributed by atoms with Crippen molar-refractivity contribution in [2.24, 2.45) is 0 Å². The molecule has 1 aromatic heterocycles. The second kappa shape index (κ2) is 7.33. The van der Waals surface area contributed by atoms with Crippen LogP contribution in [0.25, 0.3) is 0 Å². The van der Waals surface area contributed by atoms with E-state index in [0.717, 1.165) is 21.4 Å². The minimum atomic E-state index is -0.869. The zero-order valence-electron chi connectivity index (χ0n) is 11.7. The number of methoxy groups -OCH3 is 2. The van der Waals surface area contributed by atoms with E-state index in [9.17, 15) is 4.79 Å². The number of rotatable bonds is 7. The van der Waals surface area contributed by atoms with Crippen molar-refractivity contribution in [1.82, 2.24) is 4.98 Å². The molecular formula is C14H15NO4S2. The van der Waals surface area contributed by atoms with Crippen molar-refractivity contribution in [1.29, 1.82) is 0 Å². The summed E-state index contributed by atoms with van der Waals surface area (Å²) < 4.78 is 11.4. The summed E-state index contributed by atoms with van der Waals surface area (Å²) in [6.45, 7) is 0. The Morgan fingerprint density at radius 3 is 2.86 bits per heavy atom. The monoisotopic (exact) mass is 325 g/mol. The SMILES string of the molecule is COc1ccc(OC)c(CSc2nc(CC(=O)O)cs2)c1. The first-order valence-electron chi connectivity index (χ1n) is 6.12. The molecule has 0 aliphatic carbocycles. The number of benzene rings is 1. The summed E-state index contributed by atoms with van der Waals surface area (Å²) in [4.78, 5) is 14.9. The number of aromatic nitrogens is 1. The molecule has 0 unspecified atom stereocenters. The number of nitrogens with zero attached hydrogens (tertiary/aromatic N) is 1. The van der Waals surface area contributed by atoms with E-state index in [1.807, 2.05) is 18.2 Å². The van der Waals surface area contributed by atoms with Crippen LogP contribution >= 0.6 is 23.1 Å². The molecule has 0 saturated heterocycles. The van der Waals surface area contributed by atoms with Gasteiger partial charge in [-0.3, -0.25) is 4.79 Å². The van der Waals surface area contributed by atoms with E-state index in [1.54, 1.807) is 31.4 Å². The van der Waals surface area contributed by atoms with Crippen LogP contribution in [0.4, 0.5) is 0 Å². The lowest BCUT2D eigenvalue weighted by atomic mass is 10.2. The Labute approximate surface area is 130 Å². The first-order valence-corrected chi connectivity index (χ1v) is 7.98. The highest BCUT2D eigenvalue weighted by Gasteiger charge is 2.09. The van der Waals surface area contributed by atoms with Crippen molar-refractivity contribution in [3.8, 4) is 11.5 Å². The van der Waals surface area contributed by atoms with Gasteiger partial charge in [0.15, 0.2) is 0 Å². The Morgan fingerprint density at radius 2 is 2.19 bits per heavy atom. The molecule has 0 spiro atoms. The third-order valence-corrected chi connectivity index (χ3v) is 4.82. The Morgan fingerprint density at radius 1 is 1.38 bits per heavy atom. The minimum absolute atomic E-state index is 0.0421. The zero-order chi connectivity index (χ0) is 15.2. The van der Waals surface area contributed by atoms with Gasteiger partial charge in [-0.2, -0.15) is 0 Å². The molecule has 1 aromatic carbocycles. The number of thioether (sulfide) groups is 1. The van der Waals surface area contributed by atoms with Gasteiger partial charge in [0, 0.05) is 16.7 Å². The first-order chi connectivity index (χ1) is 10.1. The van der Waals surface area contributed by atoms with Crippen LogP contribution in [0.1, 0.15) is 11.3 Å². The normalized spacial score (nSPS) is 10.4. The standard InChI is InChI=1S/C14H15NO4S2/c1-18-11-3-4-12(19-2)9(5-11)7-20-14-15-10(8-21-14)6-13(16)17/h3-5,8H,6-7H2,1-2H3,(H,16,17). The molecule has 0 saturated carbocycles. The van der Waals surface area contributed by atoms with Crippen LogP contribution in [0.3, 0.4) is 0 Å². The van der Waals surface area contributed by atoms with Gasteiger partial charge < -0.3 is 14.6 Å². The fourth-order valence-corrected chi connectivity index (χ4v) is 3.55. The van der Waals surface area contributed by atoms with Crippen molar-refractivity contribution in [2.45, 2.75) is 16.5 Å². The molecule has 1 N–H and O–H groups in total. The van der Waals surface area contributed by atoms with Crippen LogP contribution in [-0.4, -0.2) is 30.3 Å². The molecule has 0 aliphatic rings. The lowest BCUT2D eigenvalue weighted by Gasteiger charge is -2.09. The van der Waals surface area contributed by atoms with Crippen LogP contribution in [0.15, 0.2) is 27.9 Å². The fraction of sp³-hybridized carbons (Fsp3) is 0.286. The summed E-state index contributed by atoms with van der Waals surface area (Å²) in [6.07, 6.45) is -0.0421. The van der Waals surface area contributed by atoms with Crippen LogP contribution < -0.4 is 9.47 Å². The van der Waals surface area contributed by atoms with Gasteiger partial charge in [-0.25, -0.2) is 4.98 Å². The van der Waals surface area contributed by atoms with E-state index in [4.69, 9.17) is 14.6 Å². The highest BCUT2D eigenvalue weighted by Crippen LogP contribution is 2.32. The average molecular weight is 325 g/mol. The van der Waals surface area contributed by atoms with Gasteiger partial charge >= 0.3 is 5.97 Å². The maximum atomic E-state index is 10.6. The van der Waals surface area contributed by atoms with Crippen LogP contribution in [0.5, 0.6) is 11.5 Å². The van der Waals surface area contributed by atoms with Gasteiger partial charge in [0.25, 0.3) is 0 Å². The average Bonchev–Trinajstić information content (AvgIpc) is 2.91. The number of thiazole rings is 1. The lowest BCUT2D eigenvalue weighted by Crippen LogP contribution is -1.99. The molecule has 7 heteroatoms. The highest BCUT2D eigenvalue weighted by molar-refractivity contribution is 8.00. The number of hydrogen-bond donors (Lipinski definition) is 1. The van der Waals surface area contributed by atoms with Crippen molar-refractivity contribution >= 4 is 29.1 Å². The molecule has 5 nitrogen and oxygen atoms in total. The highest BCUT2D eigenvalue weighted by atomic mass is 32.2. The summed E-state index contributed by atoms with van der Waals surface area (Å²) in [7, 11) is 3.25. The molecular weight excluding hydrogens is 310 g/mol. The van der Waals surface area contributed by atoms with Crippen LogP contribution in [0.2, 0.25) is 0 Å². The summed E-state index contributed by atoms with van der Waals surface area (Å²) in [5, 5.41) is 10.5. The predicted molar refractivity (Wildman–Crippen MR) is 82.6 cm³/mol. The second-order valence-corrected chi connectivity index (χ2v) is 6.22. The number of aliphatic carboxylic acids is 1. The Bertz CT molecular complexity index is 627. The molecule has 112 valence electrons. The van der Waals surface area contributed by atoms with Gasteiger partial charge in [0.1, 0.15) is 15.8 Å². The van der Waals surface area contributed by atoms with Gasteiger partial charge in [0.05, 0.1) is 26.3 Å². The third-order valence-electron chi connectivity index (χ3n) is 2.70. The zero-order valence-corrected chi connectivity index (χ0v) is 13.3. The van der Waals surface area contributed by atoms with E-state index in [0.29, 0.717) is 11.4 Å². The molecule has 2 aromatic rings. The van der Waals surface area contributed by atoms with Crippen molar-refractivity contribution < 1.29 is 19.4 Å². The number of hydrogen-bond acceptors (Lipinski definition) is 6. The van der Waals surface area contributed by atoms with Crippen LogP contribution in [0, 0.1) is 0 Å². The largest absolute Gasteiger partial charge is 0.497 e. The molecule has 2 rings (SSSR count).